The molecule has 0 radical (unpaired) electrons. The van der Waals surface area contributed by atoms with Crippen LogP contribution in [0.2, 0.25) is 10.0 Å². The van der Waals surface area contributed by atoms with E-state index in [4.69, 9.17) is 23.2 Å². The first-order valence-corrected chi connectivity index (χ1v) is 6.01. The van der Waals surface area contributed by atoms with Gasteiger partial charge in [0.1, 0.15) is 12.0 Å². The van der Waals surface area contributed by atoms with Crippen molar-refractivity contribution in [2.75, 3.05) is 0 Å². The van der Waals surface area contributed by atoms with Crippen molar-refractivity contribution in [3.8, 4) is 22.8 Å². The monoisotopic (exact) mass is 316 g/mol. The second kappa shape index (κ2) is 6.60. The number of benzene rings is 1. The van der Waals surface area contributed by atoms with Crippen LogP contribution in [0.25, 0.3) is 22.8 Å². The minimum atomic E-state index is 0. The van der Waals surface area contributed by atoms with Gasteiger partial charge in [0.2, 0.25) is 0 Å². The van der Waals surface area contributed by atoms with Gasteiger partial charge < -0.3 is 0 Å². The van der Waals surface area contributed by atoms with Gasteiger partial charge in [0.25, 0.3) is 0 Å². The second-order valence-electron chi connectivity index (χ2n) is 3.67. The van der Waals surface area contributed by atoms with E-state index in [2.05, 4.69) is 30.6 Å². The molecule has 9 heteroatoms. The Kier molecular flexibility index (Phi) is 5.06. The average molecular weight is 317 g/mol. The quantitative estimate of drug-likeness (QED) is 0.731. The van der Waals surface area contributed by atoms with Gasteiger partial charge in [-0.2, -0.15) is 0 Å². The SMILES string of the molecule is Clc1ccc(-c2cc(-c3nnn[nH]3)ncn2)cc1Cl.[NaH]. The normalized spacial score (nSPS) is 10.1. The summed E-state index contributed by atoms with van der Waals surface area (Å²) in [5.74, 6) is 0.476. The zero-order valence-electron chi connectivity index (χ0n) is 9.38. The summed E-state index contributed by atoms with van der Waals surface area (Å²) in [4.78, 5) is 8.30. The van der Waals surface area contributed by atoms with Crippen molar-refractivity contribution in [3.63, 3.8) is 0 Å². The maximum absolute atomic E-state index is 5.99. The van der Waals surface area contributed by atoms with Gasteiger partial charge in [0.05, 0.1) is 15.7 Å². The number of halogens is 2. The van der Waals surface area contributed by atoms with Gasteiger partial charge in [-0.3, -0.25) is 0 Å². The van der Waals surface area contributed by atoms with Crippen LogP contribution in [0.5, 0.6) is 0 Å². The Bertz CT molecular complexity index is 719. The second-order valence-corrected chi connectivity index (χ2v) is 4.48. The molecular formula is C11H7Cl2N6Na. The fourth-order valence-electron chi connectivity index (χ4n) is 1.57. The molecule has 0 spiro atoms. The van der Waals surface area contributed by atoms with Crippen LogP contribution in [0, 0.1) is 0 Å². The first-order chi connectivity index (χ1) is 9.24. The van der Waals surface area contributed by atoms with Crippen LogP contribution in [0.4, 0.5) is 0 Å². The number of tetrazole rings is 1. The third-order valence-corrected chi connectivity index (χ3v) is 3.21. The van der Waals surface area contributed by atoms with E-state index in [1.807, 2.05) is 6.07 Å². The van der Waals surface area contributed by atoms with Crippen LogP contribution in [0.1, 0.15) is 0 Å². The molecule has 3 aromatic rings. The van der Waals surface area contributed by atoms with Crippen LogP contribution in [0.3, 0.4) is 0 Å². The Hall–Kier alpha value is -1.05. The van der Waals surface area contributed by atoms with Crippen LogP contribution < -0.4 is 0 Å². The summed E-state index contributed by atoms with van der Waals surface area (Å²) >= 11 is 11.9. The third-order valence-electron chi connectivity index (χ3n) is 2.47. The Labute approximate surface area is 146 Å². The molecule has 0 saturated heterocycles. The van der Waals surface area contributed by atoms with Crippen molar-refractivity contribution in [1.82, 2.24) is 30.6 Å². The van der Waals surface area contributed by atoms with Gasteiger partial charge in [0, 0.05) is 5.56 Å². The predicted molar refractivity (Wildman–Crippen MR) is 77.8 cm³/mol. The molecule has 2 heterocycles. The summed E-state index contributed by atoms with van der Waals surface area (Å²) in [6, 6.07) is 7.06. The van der Waals surface area contributed by atoms with Gasteiger partial charge in [0.15, 0.2) is 5.82 Å². The van der Waals surface area contributed by atoms with E-state index in [0.29, 0.717) is 27.3 Å². The molecule has 2 aromatic heterocycles. The molecule has 0 unspecified atom stereocenters. The zero-order valence-corrected chi connectivity index (χ0v) is 10.9. The molecule has 1 N–H and O–H groups in total. The average Bonchev–Trinajstić information content (AvgIpc) is 2.96. The van der Waals surface area contributed by atoms with Crippen LogP contribution in [-0.4, -0.2) is 60.1 Å². The van der Waals surface area contributed by atoms with Gasteiger partial charge >= 0.3 is 29.6 Å². The molecule has 1 aromatic carbocycles. The van der Waals surface area contributed by atoms with E-state index < -0.39 is 0 Å². The topological polar surface area (TPSA) is 80.2 Å². The molecule has 96 valence electrons. The Morgan fingerprint density at radius 1 is 0.950 bits per heavy atom. The standard InChI is InChI=1S/C11H6Cl2N6.Na.H/c12-7-2-1-6(3-8(7)13)9-4-10(15-5-14-9)11-16-18-19-17-11;;/h1-5H,(H,16,17,18,19);;. The summed E-state index contributed by atoms with van der Waals surface area (Å²) in [5, 5.41) is 14.4. The fraction of sp³-hybridized carbons (Fsp3) is 0. The number of hydrogen-bond donors (Lipinski definition) is 1. The molecule has 3 rings (SSSR count). The molecule has 0 bridgehead atoms. The van der Waals surface area contributed by atoms with Gasteiger partial charge in [-0.05, 0) is 28.6 Å². The van der Waals surface area contributed by atoms with E-state index in [-0.39, 0.29) is 29.6 Å². The van der Waals surface area contributed by atoms with Gasteiger partial charge in [-0.1, -0.05) is 29.3 Å². The number of H-pyrrole nitrogens is 1. The molecule has 0 fully saturated rings. The molecule has 0 aliphatic rings. The molecular weight excluding hydrogens is 310 g/mol. The number of aromatic nitrogens is 6. The first kappa shape index (κ1) is 15.3. The van der Waals surface area contributed by atoms with Crippen LogP contribution in [0.15, 0.2) is 30.6 Å². The van der Waals surface area contributed by atoms with E-state index in [9.17, 15) is 0 Å². The molecule has 0 saturated carbocycles. The molecule has 0 aliphatic carbocycles. The minimum absolute atomic E-state index is 0. The Morgan fingerprint density at radius 3 is 2.45 bits per heavy atom. The summed E-state index contributed by atoms with van der Waals surface area (Å²) in [6.45, 7) is 0. The summed E-state index contributed by atoms with van der Waals surface area (Å²) < 4.78 is 0. The van der Waals surface area contributed by atoms with Crippen LogP contribution >= 0.6 is 23.2 Å². The van der Waals surface area contributed by atoms with Gasteiger partial charge in [-0.25, -0.2) is 15.1 Å². The fourth-order valence-corrected chi connectivity index (χ4v) is 1.87. The number of rotatable bonds is 2. The molecule has 0 amide bonds. The van der Waals surface area contributed by atoms with Gasteiger partial charge in [-0.15, -0.1) is 5.10 Å². The number of hydrogen-bond acceptors (Lipinski definition) is 5. The number of aromatic amines is 1. The molecule has 0 atom stereocenters. The summed E-state index contributed by atoms with van der Waals surface area (Å²) in [5.41, 5.74) is 2.14. The Balaban J connectivity index is 0.00000147. The number of nitrogens with zero attached hydrogens (tertiary/aromatic N) is 5. The number of nitrogens with one attached hydrogen (secondary N) is 1. The molecule has 0 aliphatic heterocycles. The van der Waals surface area contributed by atoms with Crippen LogP contribution in [-0.2, 0) is 0 Å². The van der Waals surface area contributed by atoms with Crippen molar-refractivity contribution in [3.05, 3.63) is 40.6 Å². The van der Waals surface area contributed by atoms with E-state index >= 15 is 0 Å². The third kappa shape index (κ3) is 3.16. The predicted octanol–water partition coefficient (Wildman–Crippen LogP) is 1.98. The van der Waals surface area contributed by atoms with Crippen molar-refractivity contribution in [1.29, 1.82) is 0 Å². The van der Waals surface area contributed by atoms with E-state index in [0.717, 1.165) is 5.56 Å². The zero-order chi connectivity index (χ0) is 13.2. The molecule has 20 heavy (non-hydrogen) atoms. The molecule has 6 nitrogen and oxygen atoms in total. The van der Waals surface area contributed by atoms with E-state index in [1.54, 1.807) is 18.2 Å². The first-order valence-electron chi connectivity index (χ1n) is 5.25. The maximum atomic E-state index is 5.99. The van der Waals surface area contributed by atoms with Crippen molar-refractivity contribution >= 4 is 52.8 Å². The van der Waals surface area contributed by atoms with E-state index in [1.165, 1.54) is 6.33 Å². The van der Waals surface area contributed by atoms with Crippen molar-refractivity contribution < 1.29 is 0 Å². The summed E-state index contributed by atoms with van der Waals surface area (Å²) in [6.07, 6.45) is 1.44. The summed E-state index contributed by atoms with van der Waals surface area (Å²) in [7, 11) is 0. The van der Waals surface area contributed by atoms with Crippen molar-refractivity contribution in [2.45, 2.75) is 0 Å². The Morgan fingerprint density at radius 2 is 1.75 bits per heavy atom. The van der Waals surface area contributed by atoms with Crippen molar-refractivity contribution in [2.24, 2.45) is 0 Å².